The van der Waals surface area contributed by atoms with Gasteiger partial charge in [0.25, 0.3) is 0 Å². The van der Waals surface area contributed by atoms with Crippen molar-refractivity contribution >= 4 is 22.8 Å². The summed E-state index contributed by atoms with van der Waals surface area (Å²) in [6, 6.07) is 22.9. The first-order valence-electron chi connectivity index (χ1n) is 12.4. The van der Waals surface area contributed by atoms with Crippen LogP contribution in [0.4, 0.5) is 20.5 Å². The van der Waals surface area contributed by atoms with Gasteiger partial charge in [0.15, 0.2) is 5.65 Å². The maximum atomic E-state index is 15.0. The molecular formula is C29H26F2N6. The smallest absolute Gasteiger partial charge is 0.228 e. The summed E-state index contributed by atoms with van der Waals surface area (Å²) in [5, 5.41) is 5.09. The summed E-state index contributed by atoms with van der Waals surface area (Å²) in [4.78, 5) is 11.7. The molecule has 1 saturated heterocycles. The van der Waals surface area contributed by atoms with Gasteiger partial charge < -0.3 is 10.6 Å². The van der Waals surface area contributed by atoms with E-state index in [-0.39, 0.29) is 11.6 Å². The molecule has 3 heterocycles. The molecule has 0 radical (unpaired) electrons. The summed E-state index contributed by atoms with van der Waals surface area (Å²) in [5.41, 5.74) is 9.54. The lowest BCUT2D eigenvalue weighted by atomic mass is 9.90. The van der Waals surface area contributed by atoms with Crippen LogP contribution >= 0.6 is 0 Å². The first-order chi connectivity index (χ1) is 18.1. The Morgan fingerprint density at radius 1 is 0.838 bits per heavy atom. The van der Waals surface area contributed by atoms with E-state index in [0.29, 0.717) is 39.8 Å². The molecule has 3 aromatic carbocycles. The van der Waals surface area contributed by atoms with Crippen molar-refractivity contribution in [3.63, 3.8) is 0 Å². The largest absolute Gasteiger partial charge is 0.383 e. The fraction of sp³-hybridized carbons (Fsp3) is 0.207. The molecule has 0 atom stereocenters. The van der Waals surface area contributed by atoms with Crippen molar-refractivity contribution in [1.82, 2.24) is 19.7 Å². The predicted octanol–water partition coefficient (Wildman–Crippen LogP) is 5.80. The number of hydrogen-bond donors (Lipinski definition) is 1. The number of piperidine rings is 1. The molecule has 0 amide bonds. The van der Waals surface area contributed by atoms with Gasteiger partial charge in [-0.2, -0.15) is 4.98 Å². The zero-order valence-electron chi connectivity index (χ0n) is 20.2. The molecule has 1 aliphatic rings. The number of nitrogen functional groups attached to an aromatic ring is 1. The van der Waals surface area contributed by atoms with Crippen LogP contribution in [0.15, 0.2) is 78.9 Å². The van der Waals surface area contributed by atoms with E-state index in [2.05, 4.69) is 34.3 Å². The number of halogens is 2. The van der Waals surface area contributed by atoms with Gasteiger partial charge in [-0.3, -0.25) is 0 Å². The highest BCUT2D eigenvalue weighted by molar-refractivity contribution is 5.99. The molecule has 37 heavy (non-hydrogen) atoms. The van der Waals surface area contributed by atoms with Gasteiger partial charge >= 0.3 is 0 Å². The Hall–Kier alpha value is -4.33. The number of nitrogens with two attached hydrogens (primary N) is 1. The number of hydrogen-bond acceptors (Lipinski definition) is 5. The fourth-order valence-electron chi connectivity index (χ4n) is 5.05. The molecule has 0 saturated carbocycles. The lowest BCUT2D eigenvalue weighted by Gasteiger charge is -2.32. The molecule has 5 aromatic rings. The van der Waals surface area contributed by atoms with Gasteiger partial charge in [-0.05, 0) is 67.1 Å². The topological polar surface area (TPSA) is 72.9 Å². The second-order valence-electron chi connectivity index (χ2n) is 9.44. The Balaban J connectivity index is 1.38. The maximum Gasteiger partial charge on any atom is 0.228 e. The van der Waals surface area contributed by atoms with Crippen LogP contribution in [0.2, 0.25) is 0 Å². The van der Waals surface area contributed by atoms with E-state index in [9.17, 15) is 8.78 Å². The Morgan fingerprint density at radius 2 is 1.54 bits per heavy atom. The van der Waals surface area contributed by atoms with Gasteiger partial charge in [-0.1, -0.05) is 42.5 Å². The number of aromatic nitrogens is 4. The van der Waals surface area contributed by atoms with Crippen LogP contribution in [0.1, 0.15) is 18.4 Å². The summed E-state index contributed by atoms with van der Waals surface area (Å²) in [6.45, 7) is 1.60. The van der Waals surface area contributed by atoms with Gasteiger partial charge in [0.2, 0.25) is 5.95 Å². The van der Waals surface area contributed by atoms with Gasteiger partial charge in [0.1, 0.15) is 17.5 Å². The van der Waals surface area contributed by atoms with Gasteiger partial charge in [-0.15, -0.1) is 5.10 Å². The van der Waals surface area contributed by atoms with Crippen molar-refractivity contribution in [1.29, 1.82) is 0 Å². The molecule has 2 aromatic heterocycles. The van der Waals surface area contributed by atoms with Crippen LogP contribution in [0.3, 0.4) is 0 Å². The summed E-state index contributed by atoms with van der Waals surface area (Å²) >= 11 is 0. The molecule has 6 rings (SSSR count). The third kappa shape index (κ3) is 4.50. The Morgan fingerprint density at radius 3 is 2.27 bits per heavy atom. The van der Waals surface area contributed by atoms with Gasteiger partial charge in [0, 0.05) is 18.7 Å². The highest BCUT2D eigenvalue weighted by atomic mass is 19.1. The molecule has 1 aliphatic heterocycles. The molecular weight excluding hydrogens is 470 g/mol. The normalized spacial score (nSPS) is 14.4. The van der Waals surface area contributed by atoms with Gasteiger partial charge in [-0.25, -0.2) is 18.4 Å². The van der Waals surface area contributed by atoms with Crippen LogP contribution in [-0.4, -0.2) is 32.8 Å². The second-order valence-corrected chi connectivity index (χ2v) is 9.44. The predicted molar refractivity (Wildman–Crippen MR) is 142 cm³/mol. The monoisotopic (exact) mass is 496 g/mol. The van der Waals surface area contributed by atoms with Crippen LogP contribution in [-0.2, 0) is 6.42 Å². The molecule has 0 bridgehead atoms. The van der Waals surface area contributed by atoms with Gasteiger partial charge in [0.05, 0.1) is 16.8 Å². The molecule has 2 N–H and O–H groups in total. The average molecular weight is 497 g/mol. The van der Waals surface area contributed by atoms with Crippen LogP contribution in [0.5, 0.6) is 0 Å². The molecule has 0 unspecified atom stereocenters. The van der Waals surface area contributed by atoms with E-state index in [1.54, 1.807) is 30.3 Å². The number of benzene rings is 3. The third-order valence-corrected chi connectivity index (χ3v) is 7.02. The third-order valence-electron chi connectivity index (χ3n) is 7.02. The van der Waals surface area contributed by atoms with Crippen LogP contribution < -0.4 is 10.6 Å². The summed E-state index contributed by atoms with van der Waals surface area (Å²) in [5.74, 6) is 0.607. The Bertz CT molecular complexity index is 1540. The minimum atomic E-state index is -0.399. The molecule has 0 spiro atoms. The summed E-state index contributed by atoms with van der Waals surface area (Å²) < 4.78 is 30.0. The molecule has 186 valence electrons. The van der Waals surface area contributed by atoms with Crippen LogP contribution in [0.25, 0.3) is 28.0 Å². The zero-order chi connectivity index (χ0) is 25.4. The minimum absolute atomic E-state index is 0.271. The number of rotatable bonds is 5. The Labute approximate surface area is 213 Å². The summed E-state index contributed by atoms with van der Waals surface area (Å²) in [6.07, 6.45) is 3.07. The highest BCUT2D eigenvalue weighted by Crippen LogP contribution is 2.35. The number of nitrogens with zero attached hydrogens (tertiary/aromatic N) is 5. The van der Waals surface area contributed by atoms with Crippen molar-refractivity contribution in [2.24, 2.45) is 5.92 Å². The Kier molecular flexibility index (Phi) is 6.00. The summed E-state index contributed by atoms with van der Waals surface area (Å²) in [7, 11) is 0. The average Bonchev–Trinajstić information content (AvgIpc) is 3.26. The molecule has 0 aliphatic carbocycles. The SMILES string of the molecule is Nc1c2c(-c3ccccc3F)nc(N3CCC(Cc4ccccc4)CC3)nc2nn1-c1ccc(F)cc1. The number of fused-ring (bicyclic) bond motifs is 1. The van der Waals surface area contributed by atoms with E-state index in [1.807, 2.05) is 6.07 Å². The van der Waals surface area contributed by atoms with E-state index >= 15 is 0 Å². The first kappa shape index (κ1) is 23.1. The fourth-order valence-corrected chi connectivity index (χ4v) is 5.05. The van der Waals surface area contributed by atoms with Crippen molar-refractivity contribution in [3.8, 4) is 16.9 Å². The minimum Gasteiger partial charge on any atom is -0.383 e. The lowest BCUT2D eigenvalue weighted by molar-refractivity contribution is 0.401. The second kappa shape index (κ2) is 9.61. The lowest BCUT2D eigenvalue weighted by Crippen LogP contribution is -2.35. The zero-order valence-corrected chi connectivity index (χ0v) is 20.2. The highest BCUT2D eigenvalue weighted by Gasteiger charge is 2.26. The van der Waals surface area contributed by atoms with Crippen molar-refractivity contribution in [3.05, 3.63) is 96.1 Å². The molecule has 6 nitrogen and oxygen atoms in total. The molecule has 1 fully saturated rings. The quantitative estimate of drug-likeness (QED) is 0.333. The van der Waals surface area contributed by atoms with E-state index in [1.165, 1.54) is 28.4 Å². The molecule has 8 heteroatoms. The van der Waals surface area contributed by atoms with E-state index in [0.717, 1.165) is 32.4 Å². The van der Waals surface area contributed by atoms with Crippen molar-refractivity contribution in [2.45, 2.75) is 19.3 Å². The van der Waals surface area contributed by atoms with Crippen molar-refractivity contribution < 1.29 is 8.78 Å². The van der Waals surface area contributed by atoms with Crippen LogP contribution in [0, 0.1) is 17.6 Å². The van der Waals surface area contributed by atoms with Crippen molar-refractivity contribution in [2.75, 3.05) is 23.7 Å². The van der Waals surface area contributed by atoms with E-state index in [4.69, 9.17) is 15.7 Å². The maximum absolute atomic E-state index is 15.0. The first-order valence-corrected chi connectivity index (χ1v) is 12.4. The number of anilines is 2. The van der Waals surface area contributed by atoms with E-state index < -0.39 is 5.82 Å². The standard InChI is InChI=1S/C29H26F2N6/c30-21-10-12-22(13-11-21)37-27(32)25-26(23-8-4-5-9-24(23)31)33-29(34-28(25)35-37)36-16-14-20(15-17-36)18-19-6-2-1-3-7-19/h1-13,20H,14-18,32H2.